The van der Waals surface area contributed by atoms with Gasteiger partial charge in [-0.15, -0.1) is 0 Å². The van der Waals surface area contributed by atoms with Crippen molar-refractivity contribution < 1.29 is 43.6 Å². The third-order valence-corrected chi connectivity index (χ3v) is 8.56. The summed E-state index contributed by atoms with van der Waals surface area (Å²) in [6.45, 7) is -1.03. The van der Waals surface area contributed by atoms with Gasteiger partial charge in [0, 0.05) is 43.4 Å². The van der Waals surface area contributed by atoms with Gasteiger partial charge in [0.2, 0.25) is 5.78 Å². The Balaban J connectivity index is 1.67. The molecule has 13 heteroatoms. The highest BCUT2D eigenvalue weighted by Crippen LogP contribution is 2.53. The zero-order chi connectivity index (χ0) is 29.6. The monoisotopic (exact) mass is 562 g/mol. The summed E-state index contributed by atoms with van der Waals surface area (Å²) in [5.41, 5.74) is 2.62. The number of phenolic OH excluding ortho intramolecular Hbond substituents is 1. The van der Waals surface area contributed by atoms with Crippen molar-refractivity contribution in [2.75, 3.05) is 46.2 Å². The number of allylic oxidation sites excluding steroid dienone is 1. The van der Waals surface area contributed by atoms with Crippen LogP contribution in [0.2, 0.25) is 0 Å². The van der Waals surface area contributed by atoms with E-state index < -0.39 is 82.8 Å². The SMILES string of the molecule is CN(C)c1cc(CN2CC(F)(F)C2)c(O)c2c1C[C@H]1C[C@H]3[C@H](N(C)C)C(O)=C(C(N)=O)C(=O)[C@@]3(O)C(O)=C1C2=O. The molecule has 0 saturated carbocycles. The number of aliphatic hydroxyl groups is 3. The lowest BCUT2D eigenvalue weighted by Crippen LogP contribution is -2.63. The van der Waals surface area contributed by atoms with E-state index in [9.17, 15) is 43.6 Å². The average molecular weight is 563 g/mol. The molecule has 216 valence electrons. The molecule has 3 aliphatic carbocycles. The van der Waals surface area contributed by atoms with Gasteiger partial charge >= 0.3 is 0 Å². The third-order valence-electron chi connectivity index (χ3n) is 8.56. The number of benzene rings is 1. The first-order valence-electron chi connectivity index (χ1n) is 12.8. The average Bonchev–Trinajstić information content (AvgIpc) is 2.81. The summed E-state index contributed by atoms with van der Waals surface area (Å²) >= 11 is 0. The first-order valence-corrected chi connectivity index (χ1v) is 12.8. The molecule has 0 unspecified atom stereocenters. The van der Waals surface area contributed by atoms with Gasteiger partial charge in [-0.05, 0) is 44.5 Å². The second kappa shape index (κ2) is 8.98. The maximum absolute atomic E-state index is 14.0. The van der Waals surface area contributed by atoms with E-state index >= 15 is 0 Å². The van der Waals surface area contributed by atoms with Gasteiger partial charge in [-0.3, -0.25) is 24.2 Å². The number of nitrogens with zero attached hydrogens (tertiary/aromatic N) is 3. The topological polar surface area (TPSA) is 168 Å². The predicted molar refractivity (Wildman–Crippen MR) is 138 cm³/mol. The largest absolute Gasteiger partial charge is 0.510 e. The number of halogens is 2. The number of carbonyl (C=O) groups excluding carboxylic acids is 3. The van der Waals surface area contributed by atoms with Gasteiger partial charge < -0.3 is 31.1 Å². The Kier molecular flexibility index (Phi) is 6.28. The number of alkyl halides is 2. The van der Waals surface area contributed by atoms with Gasteiger partial charge in [-0.2, -0.15) is 0 Å². The molecule has 0 aromatic heterocycles. The summed E-state index contributed by atoms with van der Waals surface area (Å²) in [6.07, 6.45) is 0.113. The molecule has 40 heavy (non-hydrogen) atoms. The Morgan fingerprint density at radius 2 is 1.77 bits per heavy atom. The van der Waals surface area contributed by atoms with Crippen molar-refractivity contribution >= 4 is 23.2 Å². The van der Waals surface area contributed by atoms with Crippen molar-refractivity contribution in [2.45, 2.75) is 37.0 Å². The second-order valence-corrected chi connectivity index (χ2v) is 11.6. The Morgan fingerprint density at radius 1 is 1.15 bits per heavy atom. The van der Waals surface area contributed by atoms with Crippen molar-refractivity contribution in [3.05, 3.63) is 45.4 Å². The number of phenols is 1. The number of nitrogens with two attached hydrogens (primary N) is 1. The lowest BCUT2D eigenvalue weighted by molar-refractivity contribution is -0.148. The fourth-order valence-electron chi connectivity index (χ4n) is 6.83. The van der Waals surface area contributed by atoms with E-state index in [2.05, 4.69) is 0 Å². The summed E-state index contributed by atoms with van der Waals surface area (Å²) in [5, 5.41) is 45.2. The zero-order valence-electron chi connectivity index (χ0n) is 22.5. The number of aliphatic hydroxyl groups excluding tert-OH is 2. The summed E-state index contributed by atoms with van der Waals surface area (Å²) in [7, 11) is 6.59. The van der Waals surface area contributed by atoms with E-state index in [4.69, 9.17) is 5.73 Å². The molecule has 11 nitrogen and oxygen atoms in total. The van der Waals surface area contributed by atoms with Crippen LogP contribution in [0.5, 0.6) is 5.75 Å². The van der Waals surface area contributed by atoms with E-state index in [1.807, 2.05) is 0 Å². The first kappa shape index (κ1) is 28.0. The molecule has 1 aromatic carbocycles. The van der Waals surface area contributed by atoms with Gasteiger partial charge in [0.1, 0.15) is 22.8 Å². The minimum Gasteiger partial charge on any atom is -0.510 e. The van der Waals surface area contributed by atoms with Gasteiger partial charge in [0.05, 0.1) is 24.7 Å². The summed E-state index contributed by atoms with van der Waals surface area (Å²) in [6, 6.07) is 0.565. The summed E-state index contributed by atoms with van der Waals surface area (Å²) < 4.78 is 26.9. The van der Waals surface area contributed by atoms with Crippen LogP contribution in [-0.2, 0) is 22.6 Å². The predicted octanol–water partition coefficient (Wildman–Crippen LogP) is 0.638. The van der Waals surface area contributed by atoms with Crippen molar-refractivity contribution in [1.29, 1.82) is 0 Å². The molecular weight excluding hydrogens is 530 g/mol. The van der Waals surface area contributed by atoms with Crippen molar-refractivity contribution in [2.24, 2.45) is 17.6 Å². The fourth-order valence-corrected chi connectivity index (χ4v) is 6.83. The third kappa shape index (κ3) is 3.82. The molecule has 1 aromatic rings. The van der Waals surface area contributed by atoms with Crippen LogP contribution in [-0.4, -0.2) is 107 Å². The number of rotatable bonds is 5. The molecule has 0 spiro atoms. The van der Waals surface area contributed by atoms with E-state index in [0.717, 1.165) is 0 Å². The molecule has 6 N–H and O–H groups in total. The number of hydrogen-bond donors (Lipinski definition) is 5. The molecule has 1 saturated heterocycles. The Hall–Kier alpha value is -3.55. The maximum atomic E-state index is 14.0. The summed E-state index contributed by atoms with van der Waals surface area (Å²) in [5.74, 6) is -10.1. The lowest BCUT2D eigenvalue weighted by Gasteiger charge is -2.50. The molecule has 1 fully saturated rings. The van der Waals surface area contributed by atoms with Crippen molar-refractivity contribution in [3.63, 3.8) is 0 Å². The fraction of sp³-hybridized carbons (Fsp3) is 0.519. The number of anilines is 1. The highest BCUT2D eigenvalue weighted by molar-refractivity contribution is 6.24. The molecule has 0 bridgehead atoms. The van der Waals surface area contributed by atoms with Crippen LogP contribution < -0.4 is 10.6 Å². The number of fused-ring (bicyclic) bond motifs is 3. The molecule has 1 heterocycles. The number of hydrogen-bond acceptors (Lipinski definition) is 10. The van der Waals surface area contributed by atoms with Crippen LogP contribution in [0.25, 0.3) is 0 Å². The van der Waals surface area contributed by atoms with Crippen LogP contribution in [0.15, 0.2) is 28.7 Å². The number of Topliss-reactive ketones (excluding diaryl/α,β-unsaturated/α-hetero) is 2. The van der Waals surface area contributed by atoms with Crippen LogP contribution >= 0.6 is 0 Å². The Morgan fingerprint density at radius 3 is 2.30 bits per heavy atom. The number of primary amides is 1. The minimum absolute atomic E-state index is 0.0238. The van der Waals surface area contributed by atoms with Crippen LogP contribution in [0.3, 0.4) is 0 Å². The maximum Gasteiger partial charge on any atom is 0.272 e. The number of amides is 1. The molecule has 1 amide bonds. The van der Waals surface area contributed by atoms with E-state index in [-0.39, 0.29) is 36.1 Å². The molecule has 5 rings (SSSR count). The molecule has 1 aliphatic heterocycles. The number of aromatic hydroxyl groups is 1. The smallest absolute Gasteiger partial charge is 0.272 e. The van der Waals surface area contributed by atoms with Gasteiger partial charge in [0.25, 0.3) is 11.8 Å². The summed E-state index contributed by atoms with van der Waals surface area (Å²) in [4.78, 5) is 44.1. The number of ketones is 2. The lowest BCUT2D eigenvalue weighted by atomic mass is 9.58. The number of carbonyl (C=O) groups is 3. The van der Waals surface area contributed by atoms with Crippen LogP contribution in [0.4, 0.5) is 14.5 Å². The van der Waals surface area contributed by atoms with Gasteiger partial charge in [-0.1, -0.05) is 0 Å². The molecule has 4 atom stereocenters. The quantitative estimate of drug-likeness (QED) is 0.321. The van der Waals surface area contributed by atoms with Crippen molar-refractivity contribution in [1.82, 2.24) is 9.80 Å². The Bertz CT molecular complexity index is 1410. The van der Waals surface area contributed by atoms with E-state index in [1.54, 1.807) is 39.2 Å². The van der Waals surface area contributed by atoms with Crippen LogP contribution in [0.1, 0.15) is 27.9 Å². The van der Waals surface area contributed by atoms with E-state index in [0.29, 0.717) is 11.3 Å². The van der Waals surface area contributed by atoms with Crippen molar-refractivity contribution in [3.8, 4) is 5.75 Å². The standard InChI is InChI=1S/C27H32F2N4O7/c1-31(2)15-7-12(8-33-9-26(28,29)10-33)20(34)17-13(15)5-11-6-14-19(32(3)4)22(36)18(25(30)39)24(38)27(14,40)23(37)16(11)21(17)35/h7,11,14,19,34,36-37,40H,5-6,8-10H2,1-4H3,(H2,30,39)/t11-,14-,19-,27-/m0/s1. The molecular formula is C27H32F2N4O7. The first-order chi connectivity index (χ1) is 18.5. The normalized spacial score (nSPS) is 29.6. The number of likely N-dealkylation sites (N-methyl/N-ethyl adjacent to an activating group) is 1. The van der Waals surface area contributed by atoms with Crippen LogP contribution in [0, 0.1) is 11.8 Å². The van der Waals surface area contributed by atoms with E-state index in [1.165, 1.54) is 9.80 Å². The van der Waals surface area contributed by atoms with Gasteiger partial charge in [0.15, 0.2) is 11.4 Å². The molecule has 0 radical (unpaired) electrons. The highest BCUT2D eigenvalue weighted by Gasteiger charge is 2.63. The van der Waals surface area contributed by atoms with Gasteiger partial charge in [-0.25, -0.2) is 8.78 Å². The minimum atomic E-state index is -2.83. The highest BCUT2D eigenvalue weighted by atomic mass is 19.3. The molecule has 4 aliphatic rings. The number of likely N-dealkylation sites (tertiary alicyclic amines) is 1. The second-order valence-electron chi connectivity index (χ2n) is 11.6. The zero-order valence-corrected chi connectivity index (χ0v) is 22.5. The Labute approximate surface area is 228 Å².